The van der Waals surface area contributed by atoms with E-state index in [1.54, 1.807) is 30.3 Å². The minimum Gasteiger partial charge on any atom is -0.379 e. The minimum absolute atomic E-state index is 0.0157. The number of hydrogen-bond donors (Lipinski definition) is 2. The van der Waals surface area contributed by atoms with Crippen molar-refractivity contribution in [2.75, 3.05) is 7.11 Å². The number of aryl methyl sites for hydroxylation is 1. The Balaban J connectivity index is 1.60. The number of ether oxygens (including phenoxy) is 1. The van der Waals surface area contributed by atoms with Crippen molar-refractivity contribution in [3.63, 3.8) is 0 Å². The highest BCUT2D eigenvalue weighted by Crippen LogP contribution is 2.27. The Kier molecular flexibility index (Phi) is 6.76. The summed E-state index contributed by atoms with van der Waals surface area (Å²) in [6, 6.07) is 7.08. The third-order valence-electron chi connectivity index (χ3n) is 5.20. The fourth-order valence-electron chi connectivity index (χ4n) is 3.66. The molecule has 3 atom stereocenters. The van der Waals surface area contributed by atoms with Crippen LogP contribution in [0.15, 0.2) is 36.7 Å². The number of methoxy groups -OCH3 is 1. The second kappa shape index (κ2) is 9.45. The topological polar surface area (TPSA) is 98.1 Å². The largest absolute Gasteiger partial charge is 0.379 e. The molecule has 2 aromatic heterocycles. The molecule has 8 heteroatoms. The molecule has 0 saturated heterocycles. The number of pyridine rings is 1. The van der Waals surface area contributed by atoms with Gasteiger partial charge in [-0.3, -0.25) is 19.3 Å². The fraction of sp³-hybridized carbons (Fsp3) is 0.500. The Labute approximate surface area is 164 Å². The van der Waals surface area contributed by atoms with E-state index in [-0.39, 0.29) is 29.9 Å². The Morgan fingerprint density at radius 2 is 2.11 bits per heavy atom. The molecule has 2 amide bonds. The van der Waals surface area contributed by atoms with Gasteiger partial charge < -0.3 is 15.4 Å². The van der Waals surface area contributed by atoms with Crippen molar-refractivity contribution in [3.05, 3.63) is 48.0 Å². The molecule has 1 aliphatic rings. The van der Waals surface area contributed by atoms with E-state index in [0.717, 1.165) is 18.5 Å². The van der Waals surface area contributed by atoms with Crippen LogP contribution in [0.5, 0.6) is 0 Å². The smallest absolute Gasteiger partial charge is 0.269 e. The van der Waals surface area contributed by atoms with Gasteiger partial charge in [0.25, 0.3) is 5.91 Å². The molecule has 1 fully saturated rings. The van der Waals surface area contributed by atoms with E-state index in [0.29, 0.717) is 25.2 Å². The van der Waals surface area contributed by atoms with E-state index in [4.69, 9.17) is 4.74 Å². The third-order valence-corrected chi connectivity index (χ3v) is 5.20. The summed E-state index contributed by atoms with van der Waals surface area (Å²) in [5.41, 5.74) is 1.33. The van der Waals surface area contributed by atoms with Crippen LogP contribution in [-0.4, -0.2) is 45.8 Å². The number of rotatable bonds is 7. The number of hydrogen-bond acceptors (Lipinski definition) is 5. The van der Waals surface area contributed by atoms with E-state index < -0.39 is 0 Å². The van der Waals surface area contributed by atoms with E-state index in [1.165, 1.54) is 0 Å². The predicted octanol–water partition coefficient (Wildman–Crippen LogP) is 1.53. The summed E-state index contributed by atoms with van der Waals surface area (Å²) >= 11 is 0. The van der Waals surface area contributed by atoms with Crippen LogP contribution in [0.1, 0.15) is 42.4 Å². The summed E-state index contributed by atoms with van der Waals surface area (Å²) in [5.74, 6) is -0.379. The van der Waals surface area contributed by atoms with Gasteiger partial charge in [-0.15, -0.1) is 0 Å². The number of amides is 2. The first kappa shape index (κ1) is 20.0. The van der Waals surface area contributed by atoms with Crippen molar-refractivity contribution < 1.29 is 14.3 Å². The average molecular weight is 385 g/mol. The lowest BCUT2D eigenvalue weighted by atomic mass is 9.83. The van der Waals surface area contributed by atoms with Gasteiger partial charge in [-0.2, -0.15) is 5.10 Å². The highest BCUT2D eigenvalue weighted by Gasteiger charge is 2.35. The maximum atomic E-state index is 12.7. The highest BCUT2D eigenvalue weighted by molar-refractivity contribution is 5.92. The van der Waals surface area contributed by atoms with Crippen molar-refractivity contribution in [2.45, 2.75) is 51.4 Å². The molecule has 8 nitrogen and oxygen atoms in total. The van der Waals surface area contributed by atoms with Crippen molar-refractivity contribution in [2.24, 2.45) is 5.92 Å². The molecule has 150 valence electrons. The number of aromatic nitrogens is 3. The highest BCUT2D eigenvalue weighted by atomic mass is 16.5. The summed E-state index contributed by atoms with van der Waals surface area (Å²) in [7, 11) is 1.64. The van der Waals surface area contributed by atoms with Gasteiger partial charge in [0.15, 0.2) is 0 Å². The Hall–Kier alpha value is -2.74. The molecule has 3 rings (SSSR count). The van der Waals surface area contributed by atoms with Gasteiger partial charge in [-0.05, 0) is 44.4 Å². The maximum absolute atomic E-state index is 12.7. The standard InChI is InChI=1S/C20H27N5O3/c1-3-25-17(9-11-23-25)20(27)24-16-12-14(7-8-18(16)28-2)19(26)22-13-15-6-4-5-10-21-15/h4-6,9-11,14,16,18H,3,7-8,12-13H2,1-2H3,(H,22,26)(H,24,27)/t14-,16+,18+/m0/s1. The van der Waals surface area contributed by atoms with Crippen LogP contribution in [-0.2, 0) is 22.6 Å². The second-order valence-electron chi connectivity index (χ2n) is 6.94. The van der Waals surface area contributed by atoms with Crippen molar-refractivity contribution in [1.82, 2.24) is 25.4 Å². The monoisotopic (exact) mass is 385 g/mol. The lowest BCUT2D eigenvalue weighted by Crippen LogP contribution is -2.50. The van der Waals surface area contributed by atoms with Crippen LogP contribution >= 0.6 is 0 Å². The first-order chi connectivity index (χ1) is 13.6. The van der Waals surface area contributed by atoms with Gasteiger partial charge in [0, 0.05) is 32.0 Å². The van der Waals surface area contributed by atoms with Gasteiger partial charge in [0.05, 0.1) is 24.4 Å². The average Bonchev–Trinajstić information content (AvgIpc) is 3.22. The van der Waals surface area contributed by atoms with E-state index in [9.17, 15) is 9.59 Å². The number of nitrogens with one attached hydrogen (secondary N) is 2. The fourth-order valence-corrected chi connectivity index (χ4v) is 3.66. The summed E-state index contributed by atoms with van der Waals surface area (Å²) in [6.45, 7) is 2.95. The number of carbonyl (C=O) groups excluding carboxylic acids is 2. The summed E-state index contributed by atoms with van der Waals surface area (Å²) in [5, 5.41) is 10.1. The summed E-state index contributed by atoms with van der Waals surface area (Å²) < 4.78 is 7.21. The molecule has 2 N–H and O–H groups in total. The molecule has 2 heterocycles. The number of carbonyl (C=O) groups is 2. The van der Waals surface area contributed by atoms with Crippen LogP contribution in [0.4, 0.5) is 0 Å². The molecule has 2 aromatic rings. The molecular formula is C20H27N5O3. The molecule has 0 aliphatic heterocycles. The Morgan fingerprint density at radius 1 is 1.25 bits per heavy atom. The summed E-state index contributed by atoms with van der Waals surface area (Å²) in [6.07, 6.45) is 5.20. The van der Waals surface area contributed by atoms with Crippen molar-refractivity contribution in [1.29, 1.82) is 0 Å². The Bertz CT molecular complexity index is 792. The van der Waals surface area contributed by atoms with E-state index in [2.05, 4.69) is 20.7 Å². The van der Waals surface area contributed by atoms with E-state index >= 15 is 0 Å². The molecule has 0 bridgehead atoms. The third kappa shape index (κ3) is 4.75. The molecule has 0 unspecified atom stereocenters. The molecule has 0 radical (unpaired) electrons. The van der Waals surface area contributed by atoms with Gasteiger partial charge in [-0.1, -0.05) is 6.07 Å². The first-order valence-corrected chi connectivity index (χ1v) is 9.65. The molecule has 0 aromatic carbocycles. The molecule has 0 spiro atoms. The second-order valence-corrected chi connectivity index (χ2v) is 6.94. The SMILES string of the molecule is CCn1nccc1C(=O)N[C@@H]1C[C@@H](C(=O)NCc2ccccn2)CC[C@H]1OC. The maximum Gasteiger partial charge on any atom is 0.269 e. The Morgan fingerprint density at radius 3 is 2.82 bits per heavy atom. The quantitative estimate of drug-likeness (QED) is 0.753. The normalized spacial score (nSPS) is 21.9. The zero-order valence-electron chi connectivity index (χ0n) is 16.3. The zero-order chi connectivity index (χ0) is 19.9. The van der Waals surface area contributed by atoms with Crippen LogP contribution in [0.25, 0.3) is 0 Å². The van der Waals surface area contributed by atoms with Crippen molar-refractivity contribution >= 4 is 11.8 Å². The minimum atomic E-state index is -0.225. The molecular weight excluding hydrogens is 358 g/mol. The summed E-state index contributed by atoms with van der Waals surface area (Å²) in [4.78, 5) is 29.5. The van der Waals surface area contributed by atoms with Gasteiger partial charge in [-0.25, -0.2) is 0 Å². The molecule has 28 heavy (non-hydrogen) atoms. The molecule has 1 saturated carbocycles. The number of nitrogens with zero attached hydrogens (tertiary/aromatic N) is 3. The van der Waals surface area contributed by atoms with Crippen LogP contribution in [0.2, 0.25) is 0 Å². The van der Waals surface area contributed by atoms with E-state index in [1.807, 2.05) is 25.1 Å². The predicted molar refractivity (Wildman–Crippen MR) is 103 cm³/mol. The van der Waals surface area contributed by atoms with Gasteiger partial charge >= 0.3 is 0 Å². The van der Waals surface area contributed by atoms with Gasteiger partial charge in [0.1, 0.15) is 5.69 Å². The van der Waals surface area contributed by atoms with Crippen LogP contribution in [0, 0.1) is 5.92 Å². The lowest BCUT2D eigenvalue weighted by molar-refractivity contribution is -0.127. The van der Waals surface area contributed by atoms with Gasteiger partial charge in [0.2, 0.25) is 5.91 Å². The zero-order valence-corrected chi connectivity index (χ0v) is 16.3. The molecule has 1 aliphatic carbocycles. The first-order valence-electron chi connectivity index (χ1n) is 9.65. The van der Waals surface area contributed by atoms with Crippen LogP contribution < -0.4 is 10.6 Å². The van der Waals surface area contributed by atoms with Crippen molar-refractivity contribution in [3.8, 4) is 0 Å². The lowest BCUT2D eigenvalue weighted by Gasteiger charge is -2.35. The van der Waals surface area contributed by atoms with Crippen LogP contribution in [0.3, 0.4) is 0 Å².